The molecular formula is C15H23N3OS2. The van der Waals surface area contributed by atoms with E-state index in [0.717, 1.165) is 43.3 Å². The third-order valence-electron chi connectivity index (χ3n) is 4.26. The fourth-order valence-electron chi connectivity index (χ4n) is 3.16. The largest absolute Gasteiger partial charge is 0.333 e. The lowest BCUT2D eigenvalue weighted by molar-refractivity contribution is -0.134. The lowest BCUT2D eigenvalue weighted by atomic mass is 10.0. The summed E-state index contributed by atoms with van der Waals surface area (Å²) in [6.45, 7) is 3.94. The van der Waals surface area contributed by atoms with Crippen molar-refractivity contribution in [3.8, 4) is 0 Å². The first-order chi connectivity index (χ1) is 10.3. The monoisotopic (exact) mass is 325 g/mol. The molecule has 116 valence electrons. The van der Waals surface area contributed by atoms with E-state index in [2.05, 4.69) is 21.4 Å². The van der Waals surface area contributed by atoms with Gasteiger partial charge in [-0.15, -0.1) is 11.8 Å². The highest BCUT2D eigenvalue weighted by molar-refractivity contribution is 8.07. The van der Waals surface area contributed by atoms with Crippen LogP contribution in [-0.4, -0.2) is 49.4 Å². The summed E-state index contributed by atoms with van der Waals surface area (Å²) in [5.74, 6) is 4.65. The number of likely N-dealkylation sites (tertiary alicyclic amines) is 1. The van der Waals surface area contributed by atoms with Crippen LogP contribution in [0.5, 0.6) is 0 Å². The van der Waals surface area contributed by atoms with Crippen LogP contribution in [-0.2, 0) is 11.3 Å². The standard InChI is InChI=1S/C15H23N3OS2/c1-2-17-8-6-16-14(17)12-5-3-4-7-18(12)15(19)13-11-20-9-10-21-13/h6,8,12-13H,2-5,7,9-11H2,1H3/t12-,13-/m0/s1. The van der Waals surface area contributed by atoms with Crippen molar-refractivity contribution < 1.29 is 4.79 Å². The molecule has 0 saturated carbocycles. The zero-order chi connectivity index (χ0) is 14.7. The van der Waals surface area contributed by atoms with Gasteiger partial charge in [0.1, 0.15) is 5.82 Å². The molecule has 1 aromatic rings. The molecule has 6 heteroatoms. The zero-order valence-corrected chi connectivity index (χ0v) is 14.2. The van der Waals surface area contributed by atoms with Crippen LogP contribution in [0.4, 0.5) is 0 Å². The number of nitrogens with zero attached hydrogens (tertiary/aromatic N) is 3. The van der Waals surface area contributed by atoms with E-state index in [9.17, 15) is 4.79 Å². The van der Waals surface area contributed by atoms with Gasteiger partial charge in [0.2, 0.25) is 5.91 Å². The van der Waals surface area contributed by atoms with Gasteiger partial charge >= 0.3 is 0 Å². The smallest absolute Gasteiger partial charge is 0.237 e. The van der Waals surface area contributed by atoms with Crippen LogP contribution in [0.15, 0.2) is 12.4 Å². The minimum Gasteiger partial charge on any atom is -0.333 e. The van der Waals surface area contributed by atoms with Crippen LogP contribution in [0.25, 0.3) is 0 Å². The van der Waals surface area contributed by atoms with Gasteiger partial charge in [0.25, 0.3) is 0 Å². The zero-order valence-electron chi connectivity index (χ0n) is 12.5. The van der Waals surface area contributed by atoms with Gasteiger partial charge in [0, 0.05) is 42.7 Å². The summed E-state index contributed by atoms with van der Waals surface area (Å²) in [5.41, 5.74) is 0. The Hall–Kier alpha value is -0.620. The molecule has 2 saturated heterocycles. The Balaban J connectivity index is 1.79. The molecular weight excluding hydrogens is 302 g/mol. The van der Waals surface area contributed by atoms with Gasteiger partial charge in [-0.1, -0.05) is 0 Å². The highest BCUT2D eigenvalue weighted by atomic mass is 32.2. The predicted molar refractivity (Wildman–Crippen MR) is 89.8 cm³/mol. The molecule has 3 rings (SSSR count). The summed E-state index contributed by atoms with van der Waals surface area (Å²) >= 11 is 3.75. The molecule has 0 aliphatic carbocycles. The van der Waals surface area contributed by atoms with E-state index >= 15 is 0 Å². The molecule has 1 aromatic heterocycles. The normalized spacial score (nSPS) is 26.8. The number of carbonyl (C=O) groups is 1. The van der Waals surface area contributed by atoms with E-state index in [4.69, 9.17) is 0 Å². The van der Waals surface area contributed by atoms with E-state index in [1.807, 2.05) is 35.9 Å². The quantitative estimate of drug-likeness (QED) is 0.856. The molecule has 0 bridgehead atoms. The molecule has 1 amide bonds. The minimum atomic E-state index is 0.148. The first kappa shape index (κ1) is 15.3. The number of rotatable bonds is 3. The number of amides is 1. The second-order valence-electron chi connectivity index (χ2n) is 5.55. The van der Waals surface area contributed by atoms with Gasteiger partial charge in [-0.3, -0.25) is 4.79 Å². The van der Waals surface area contributed by atoms with Gasteiger partial charge in [-0.2, -0.15) is 11.8 Å². The van der Waals surface area contributed by atoms with Gasteiger partial charge < -0.3 is 9.47 Å². The number of piperidine rings is 1. The Morgan fingerprint density at radius 2 is 2.33 bits per heavy atom. The van der Waals surface area contributed by atoms with Crippen molar-refractivity contribution in [1.29, 1.82) is 0 Å². The lowest BCUT2D eigenvalue weighted by Crippen LogP contribution is -2.45. The van der Waals surface area contributed by atoms with Crippen LogP contribution < -0.4 is 0 Å². The summed E-state index contributed by atoms with van der Waals surface area (Å²) in [7, 11) is 0. The molecule has 4 nitrogen and oxygen atoms in total. The van der Waals surface area contributed by atoms with Crippen molar-refractivity contribution in [3.05, 3.63) is 18.2 Å². The fraction of sp³-hybridized carbons (Fsp3) is 0.733. The first-order valence-corrected chi connectivity index (χ1v) is 10.0. The van der Waals surface area contributed by atoms with Crippen molar-refractivity contribution in [2.24, 2.45) is 0 Å². The molecule has 2 aliphatic rings. The van der Waals surface area contributed by atoms with Gasteiger partial charge in [0.05, 0.1) is 11.3 Å². The maximum Gasteiger partial charge on any atom is 0.237 e. The number of hydrogen-bond acceptors (Lipinski definition) is 4. The molecule has 2 aliphatic heterocycles. The predicted octanol–water partition coefficient (Wildman–Crippen LogP) is 2.81. The number of thioether (sulfide) groups is 2. The summed E-state index contributed by atoms with van der Waals surface area (Å²) in [6.07, 6.45) is 7.25. The van der Waals surface area contributed by atoms with Crippen molar-refractivity contribution in [2.75, 3.05) is 23.8 Å². The number of carbonyl (C=O) groups excluding carboxylic acids is 1. The summed E-state index contributed by atoms with van der Waals surface area (Å²) < 4.78 is 2.18. The summed E-state index contributed by atoms with van der Waals surface area (Å²) in [6, 6.07) is 0.175. The number of aryl methyl sites for hydroxylation is 1. The summed E-state index contributed by atoms with van der Waals surface area (Å²) in [4.78, 5) is 19.6. The van der Waals surface area contributed by atoms with Crippen molar-refractivity contribution in [3.63, 3.8) is 0 Å². The molecule has 0 N–H and O–H groups in total. The molecule has 0 unspecified atom stereocenters. The topological polar surface area (TPSA) is 38.1 Å². The van der Waals surface area contributed by atoms with Gasteiger partial charge in [-0.25, -0.2) is 4.98 Å². The number of aromatic nitrogens is 2. The van der Waals surface area contributed by atoms with Crippen LogP contribution in [0.3, 0.4) is 0 Å². The van der Waals surface area contributed by atoms with E-state index in [0.29, 0.717) is 5.91 Å². The fourth-order valence-corrected chi connectivity index (χ4v) is 5.78. The Labute approximate surface area is 135 Å². The van der Waals surface area contributed by atoms with Crippen LogP contribution in [0.1, 0.15) is 38.1 Å². The average Bonchev–Trinajstić information content (AvgIpc) is 3.03. The molecule has 3 heterocycles. The highest BCUT2D eigenvalue weighted by Gasteiger charge is 2.35. The van der Waals surface area contributed by atoms with E-state index in [-0.39, 0.29) is 11.3 Å². The van der Waals surface area contributed by atoms with E-state index < -0.39 is 0 Å². The second-order valence-corrected chi connectivity index (χ2v) is 8.01. The van der Waals surface area contributed by atoms with Crippen LogP contribution in [0.2, 0.25) is 0 Å². The third-order valence-corrected chi connectivity index (χ3v) is 7.01. The lowest BCUT2D eigenvalue weighted by Gasteiger charge is -2.38. The maximum atomic E-state index is 12.9. The molecule has 2 fully saturated rings. The third kappa shape index (κ3) is 3.26. The van der Waals surface area contributed by atoms with E-state index in [1.54, 1.807) is 0 Å². The van der Waals surface area contributed by atoms with Gasteiger partial charge in [-0.05, 0) is 26.2 Å². The SMILES string of the molecule is CCn1ccnc1[C@@H]1CCCCN1C(=O)[C@@H]1CSCCS1. The average molecular weight is 326 g/mol. The Bertz CT molecular complexity index is 485. The van der Waals surface area contributed by atoms with Crippen molar-refractivity contribution >= 4 is 29.4 Å². The second kappa shape index (κ2) is 7.09. The van der Waals surface area contributed by atoms with Crippen molar-refractivity contribution in [2.45, 2.75) is 44.0 Å². The Kier molecular flexibility index (Phi) is 5.16. The molecule has 0 aromatic carbocycles. The molecule has 0 radical (unpaired) electrons. The van der Waals surface area contributed by atoms with Gasteiger partial charge in [0.15, 0.2) is 0 Å². The molecule has 0 spiro atoms. The number of imidazole rings is 1. The van der Waals surface area contributed by atoms with E-state index in [1.165, 1.54) is 12.2 Å². The van der Waals surface area contributed by atoms with Crippen molar-refractivity contribution in [1.82, 2.24) is 14.5 Å². The minimum absolute atomic E-state index is 0.148. The maximum absolute atomic E-state index is 12.9. The number of hydrogen-bond donors (Lipinski definition) is 0. The summed E-state index contributed by atoms with van der Waals surface area (Å²) in [5, 5.41) is 0.148. The Morgan fingerprint density at radius 3 is 3.10 bits per heavy atom. The first-order valence-electron chi connectivity index (χ1n) is 7.82. The van der Waals surface area contributed by atoms with Crippen LogP contribution in [0, 0.1) is 0 Å². The molecule has 21 heavy (non-hydrogen) atoms. The Morgan fingerprint density at radius 1 is 1.43 bits per heavy atom. The van der Waals surface area contributed by atoms with Crippen LogP contribution >= 0.6 is 23.5 Å². The molecule has 2 atom stereocenters. The highest BCUT2D eigenvalue weighted by Crippen LogP contribution is 2.34.